The summed E-state index contributed by atoms with van der Waals surface area (Å²) < 4.78 is 0. The molecule has 41 nitrogen and oxygen atoms in total. The van der Waals surface area contributed by atoms with Gasteiger partial charge in [-0.1, -0.05) is 138 Å². The number of carbonyl (C=O) groups excluding carboxylic acids is 16. The Morgan fingerprint density at radius 2 is 0.798 bits per heavy atom. The van der Waals surface area contributed by atoms with Crippen LogP contribution in [-0.4, -0.2) is 223 Å². The molecule has 0 spiro atoms. The Balaban J connectivity index is 1.88. The summed E-state index contributed by atoms with van der Waals surface area (Å²) in [7, 11) is 0. The average Bonchev–Trinajstić information content (AvgIpc) is 1.69. The first kappa shape index (κ1) is 106. The number of nitrogens with two attached hydrogens (primary N) is 6. The lowest BCUT2D eigenvalue weighted by molar-refractivity contribution is -0.137. The largest absolute Gasteiger partial charge is 0.370 e. The molecule has 0 saturated heterocycles. The molecule has 124 heavy (non-hydrogen) atoms. The van der Waals surface area contributed by atoms with Crippen LogP contribution in [-0.2, 0) is 89.6 Å². The van der Waals surface area contributed by atoms with Gasteiger partial charge in [0.15, 0.2) is 11.9 Å². The van der Waals surface area contributed by atoms with Crippen LogP contribution in [0.25, 0.3) is 10.9 Å². The number of unbranched alkanes of at least 4 members (excludes halogenated alkanes) is 1. The second kappa shape index (κ2) is 54.5. The lowest BCUT2D eigenvalue weighted by Crippen LogP contribution is -2.61. The predicted molar refractivity (Wildman–Crippen MR) is 467 cm³/mol. The van der Waals surface area contributed by atoms with Gasteiger partial charge in [-0.05, 0) is 130 Å². The zero-order chi connectivity index (χ0) is 93.2. The second-order valence-electron chi connectivity index (χ2n) is 33.1. The highest BCUT2D eigenvalue weighted by molar-refractivity contribution is 6.01. The number of primary amides is 2. The molecule has 41 heteroatoms. The number of aromatic nitrogens is 1. The number of benzene rings is 2. The number of hydrogen-bond acceptors (Lipinski definition) is 20. The number of amides is 16. The van der Waals surface area contributed by atoms with E-state index in [0.717, 1.165) is 10.9 Å². The molecule has 16 amide bonds. The average molecular weight is 1740 g/mol. The molecule has 31 N–H and O–H groups in total. The number of aromatic amines is 1. The first-order chi connectivity index (χ1) is 58.4. The minimum absolute atomic E-state index is 0.0112. The number of H-pyrrole nitrogens is 1. The molecule has 1 heterocycles. The maximum Gasteiger partial charge on any atom is 0.243 e. The molecule has 14 atom stereocenters. The molecule has 0 aliphatic heterocycles. The van der Waals surface area contributed by atoms with Crippen molar-refractivity contribution in [1.82, 2.24) is 90.1 Å². The van der Waals surface area contributed by atoms with Gasteiger partial charge in [-0.25, -0.2) is 0 Å². The van der Waals surface area contributed by atoms with Crippen LogP contribution in [0.1, 0.15) is 178 Å². The van der Waals surface area contributed by atoms with Crippen LogP contribution >= 0.6 is 0 Å². The number of para-hydroxylation sites is 1. The molecule has 3 aromatic rings. The Labute approximate surface area is 724 Å². The van der Waals surface area contributed by atoms with E-state index in [2.05, 4.69) is 90.1 Å². The molecule has 0 radical (unpaired) electrons. The summed E-state index contributed by atoms with van der Waals surface area (Å²) in [6.07, 6.45) is 2.09. The van der Waals surface area contributed by atoms with E-state index in [0.29, 0.717) is 24.0 Å². The van der Waals surface area contributed by atoms with Gasteiger partial charge in [0.1, 0.15) is 78.5 Å². The lowest BCUT2D eigenvalue weighted by atomic mass is 9.97. The third-order valence-corrected chi connectivity index (χ3v) is 20.2. The minimum atomic E-state index is -1.67. The Hall–Kier alpha value is -12.0. The van der Waals surface area contributed by atoms with Crippen LogP contribution in [0.5, 0.6) is 0 Å². The van der Waals surface area contributed by atoms with Gasteiger partial charge in [-0.3, -0.25) is 87.5 Å². The molecule has 0 unspecified atom stereocenters. The first-order valence-electron chi connectivity index (χ1n) is 42.3. The van der Waals surface area contributed by atoms with Crippen LogP contribution in [0.4, 0.5) is 0 Å². The molecular formula is C83H137N25O16. The molecule has 0 aliphatic carbocycles. The highest BCUT2D eigenvalue weighted by Gasteiger charge is 2.39. The lowest BCUT2D eigenvalue weighted by Gasteiger charge is -2.29. The second-order valence-corrected chi connectivity index (χ2v) is 33.1. The zero-order valence-electron chi connectivity index (χ0n) is 73.7. The molecular weight excluding hydrogens is 1600 g/mol. The van der Waals surface area contributed by atoms with Gasteiger partial charge in [-0.2, -0.15) is 0 Å². The third kappa shape index (κ3) is 38.6. The SMILES string of the molecule is CC[C@H](C)[C@H](NC(=O)CNC(=O)[C@H](CCCCN)NC(=O)[C@H](Cc1ccccc1)NC(=O)[C@H](CC(C)C)NC(=O)[C@H](CCCNC(=N)N)NC(=O)[C@H](Cc1c[nH]c2ccccc12)NC(=O)CN)C(=O)N[C@@H](CCCNC(=N)N)C(=O)N[C@@H](C)C(=O)N[C@H](C(=O)N[C@@H](CC(C)C)C(=O)N[C@@H](CC(N)=O)C(=O)N[C@H](C(=O)N[C@@H](CC(C)C)C(N)=O)C(C)C)C(C)C. The van der Waals surface area contributed by atoms with E-state index in [1.54, 1.807) is 106 Å². The molecule has 0 saturated carbocycles. The number of nitrogens with one attached hydrogen (secondary N) is 19. The monoisotopic (exact) mass is 1740 g/mol. The van der Waals surface area contributed by atoms with E-state index in [1.165, 1.54) is 6.92 Å². The fourth-order valence-electron chi connectivity index (χ4n) is 13.3. The standard InChI is InChI=1S/C83H137N25O16/c1-14-48(12)68(81(124)100-55(29-22-32-92-82(88)89)72(115)96-49(13)70(113)107-66(46(8)9)80(123)105-59(36-45(6)7)75(118)104-62(39-63(86)109)78(121)108-67(47(10)11)79(122)101-57(69(87)112)34-43(2)3)106-65(111)42-95-71(114)54(28-20-21-31-84)98-76(119)60(37-50-24-16-15-17-25-50)103-74(117)58(35-44(4)5)102-73(116)56(30-23-33-93-83(90)91)99-77(120)61(97-64(110)40-85)38-51-41-94-53-27-19-18-26-52(51)53/h15-19,24-27,41,43-49,54-62,66-68,94H,14,20-23,28-40,42,84-85H2,1-13H3,(H2,86,109)(H2,87,112)(H,95,114)(H,96,115)(H,97,110)(H,98,119)(H,99,120)(H,100,124)(H,101,122)(H,102,116)(H,103,117)(H,104,118)(H,105,123)(H,106,111)(H,107,113)(H,108,121)(H4,88,89,92)(H4,90,91,93)/t48-,49-,54-,55-,56-,57-,58-,59-,60-,61-,62-,66-,67-,68-/m0/s1. The molecule has 690 valence electrons. The molecule has 0 bridgehead atoms. The van der Waals surface area contributed by atoms with E-state index in [9.17, 15) is 76.7 Å². The summed E-state index contributed by atoms with van der Waals surface area (Å²) in [5.74, 6) is -16.8. The number of hydrogen-bond donors (Lipinski definition) is 25. The Morgan fingerprint density at radius 1 is 0.387 bits per heavy atom. The highest BCUT2D eigenvalue weighted by atomic mass is 16.2. The van der Waals surface area contributed by atoms with Crippen LogP contribution in [0.2, 0.25) is 0 Å². The summed E-state index contributed by atoms with van der Waals surface area (Å²) in [6, 6.07) is -1.79. The van der Waals surface area contributed by atoms with E-state index in [1.807, 2.05) is 38.1 Å². The number of carbonyl (C=O) groups is 16. The first-order valence-corrected chi connectivity index (χ1v) is 42.3. The summed E-state index contributed by atoms with van der Waals surface area (Å²) in [5, 5.41) is 58.3. The van der Waals surface area contributed by atoms with Crippen LogP contribution in [0, 0.1) is 46.3 Å². The summed E-state index contributed by atoms with van der Waals surface area (Å²) >= 11 is 0. The Bertz CT molecular complexity index is 4080. The van der Waals surface area contributed by atoms with Crippen LogP contribution < -0.4 is 119 Å². The van der Waals surface area contributed by atoms with Gasteiger partial charge in [0.25, 0.3) is 0 Å². The van der Waals surface area contributed by atoms with Crippen molar-refractivity contribution in [2.75, 3.05) is 32.7 Å². The topological polar surface area (TPSA) is 685 Å². The van der Waals surface area contributed by atoms with Crippen molar-refractivity contribution in [2.24, 2.45) is 69.9 Å². The van der Waals surface area contributed by atoms with Gasteiger partial charge in [0.2, 0.25) is 94.5 Å². The molecule has 1 aromatic heterocycles. The van der Waals surface area contributed by atoms with Crippen molar-refractivity contribution >= 4 is 117 Å². The maximum atomic E-state index is 14.8. The van der Waals surface area contributed by atoms with Crippen LogP contribution in [0.3, 0.4) is 0 Å². The smallest absolute Gasteiger partial charge is 0.243 e. The van der Waals surface area contributed by atoms with E-state index in [4.69, 9.17) is 45.2 Å². The summed E-state index contributed by atoms with van der Waals surface area (Å²) in [5.41, 5.74) is 35.8. The van der Waals surface area contributed by atoms with Crippen molar-refractivity contribution in [1.29, 1.82) is 10.8 Å². The normalized spacial score (nSPS) is 14.7. The minimum Gasteiger partial charge on any atom is -0.370 e. The van der Waals surface area contributed by atoms with E-state index < -0.39 is 216 Å². The Morgan fingerprint density at radius 3 is 1.29 bits per heavy atom. The number of guanidine groups is 2. The van der Waals surface area contributed by atoms with Crippen molar-refractivity contribution in [3.05, 3.63) is 71.9 Å². The third-order valence-electron chi connectivity index (χ3n) is 20.2. The van der Waals surface area contributed by atoms with Crippen molar-refractivity contribution in [3.63, 3.8) is 0 Å². The van der Waals surface area contributed by atoms with Gasteiger partial charge < -0.3 is 124 Å². The van der Waals surface area contributed by atoms with Gasteiger partial charge in [0, 0.05) is 43.0 Å². The van der Waals surface area contributed by atoms with E-state index >= 15 is 0 Å². The summed E-state index contributed by atoms with van der Waals surface area (Å²) in [6.45, 7) is 21.0. The van der Waals surface area contributed by atoms with Gasteiger partial charge >= 0.3 is 0 Å². The molecule has 0 aliphatic rings. The van der Waals surface area contributed by atoms with E-state index in [-0.39, 0.29) is 114 Å². The van der Waals surface area contributed by atoms with Gasteiger partial charge in [0.05, 0.1) is 19.5 Å². The van der Waals surface area contributed by atoms with Crippen LogP contribution in [0.15, 0.2) is 60.8 Å². The van der Waals surface area contributed by atoms with Crippen molar-refractivity contribution in [2.45, 2.75) is 258 Å². The Kier molecular flexibility index (Phi) is 46.6. The highest BCUT2D eigenvalue weighted by Crippen LogP contribution is 2.21. The van der Waals surface area contributed by atoms with Crippen molar-refractivity contribution < 1.29 is 76.7 Å². The zero-order valence-corrected chi connectivity index (χ0v) is 73.7. The molecule has 0 fully saturated rings. The van der Waals surface area contributed by atoms with Gasteiger partial charge in [-0.15, -0.1) is 0 Å². The maximum absolute atomic E-state index is 14.8. The fourth-order valence-corrected chi connectivity index (χ4v) is 13.3. The molecule has 3 rings (SSSR count). The molecule has 2 aromatic carbocycles. The predicted octanol–water partition coefficient (Wildman–Crippen LogP) is -3.14. The number of rotatable bonds is 57. The fraction of sp³-hybridized carbons (Fsp3) is 0.614. The van der Waals surface area contributed by atoms with Crippen molar-refractivity contribution in [3.8, 4) is 0 Å². The number of fused-ring (bicyclic) bond motifs is 1. The quantitative estimate of drug-likeness (QED) is 0.0151. The summed E-state index contributed by atoms with van der Waals surface area (Å²) in [4.78, 5) is 226.